The number of hydrogen-bond donors (Lipinski definition) is 1. The summed E-state index contributed by atoms with van der Waals surface area (Å²) < 4.78 is 5.73. The highest BCUT2D eigenvalue weighted by Gasteiger charge is 2.26. The zero-order chi connectivity index (χ0) is 17.6. The van der Waals surface area contributed by atoms with Crippen molar-refractivity contribution in [1.82, 2.24) is 15.1 Å². The minimum absolute atomic E-state index is 0.00530. The molecule has 1 aliphatic rings. The van der Waals surface area contributed by atoms with E-state index in [1.807, 2.05) is 4.90 Å². The highest BCUT2D eigenvalue weighted by Crippen LogP contribution is 2.17. The van der Waals surface area contributed by atoms with Gasteiger partial charge in [0.05, 0.1) is 6.10 Å². The fourth-order valence-corrected chi connectivity index (χ4v) is 3.48. The van der Waals surface area contributed by atoms with Crippen molar-refractivity contribution in [2.45, 2.75) is 51.8 Å². The molecule has 0 unspecified atom stereocenters. The van der Waals surface area contributed by atoms with Crippen LogP contribution in [-0.2, 0) is 11.3 Å². The van der Waals surface area contributed by atoms with Gasteiger partial charge in [-0.05, 0) is 62.7 Å². The molecule has 0 bridgehead atoms. The van der Waals surface area contributed by atoms with Gasteiger partial charge in [-0.3, -0.25) is 4.90 Å². The Morgan fingerprint density at radius 2 is 2.29 bits per heavy atom. The molecule has 2 amide bonds. The van der Waals surface area contributed by atoms with E-state index in [2.05, 4.69) is 54.9 Å². The van der Waals surface area contributed by atoms with E-state index in [9.17, 15) is 4.79 Å². The Morgan fingerprint density at radius 3 is 2.88 bits per heavy atom. The minimum Gasteiger partial charge on any atom is -0.376 e. The van der Waals surface area contributed by atoms with Crippen LogP contribution in [0.1, 0.15) is 39.2 Å². The fourth-order valence-electron chi connectivity index (χ4n) is 2.82. The zero-order valence-electron chi connectivity index (χ0n) is 15.4. The molecule has 1 saturated heterocycles. The standard InChI is InChI=1S/C18H31N3O2S/c1-5-20(4)18(2,3)14-19-17(22)21(11-15-8-10-24-13-15)12-16-7-6-9-23-16/h8,10,13,16H,5-7,9,11-12,14H2,1-4H3,(H,19,22)/t16-/m0/s1. The summed E-state index contributed by atoms with van der Waals surface area (Å²) in [6.07, 6.45) is 2.30. The molecule has 2 heterocycles. The monoisotopic (exact) mass is 353 g/mol. The summed E-state index contributed by atoms with van der Waals surface area (Å²) in [5, 5.41) is 7.27. The Morgan fingerprint density at radius 1 is 1.50 bits per heavy atom. The van der Waals surface area contributed by atoms with Crippen molar-refractivity contribution >= 4 is 17.4 Å². The molecule has 1 N–H and O–H groups in total. The van der Waals surface area contributed by atoms with Crippen LogP contribution in [0.2, 0.25) is 0 Å². The van der Waals surface area contributed by atoms with E-state index in [-0.39, 0.29) is 17.7 Å². The summed E-state index contributed by atoms with van der Waals surface area (Å²) in [6, 6.07) is 2.07. The van der Waals surface area contributed by atoms with E-state index >= 15 is 0 Å². The Hall–Kier alpha value is -1.11. The number of rotatable bonds is 8. The Kier molecular flexibility index (Phi) is 7.07. The first kappa shape index (κ1) is 19.2. The number of likely N-dealkylation sites (N-methyl/N-ethyl adjacent to an activating group) is 1. The third kappa shape index (κ3) is 5.46. The van der Waals surface area contributed by atoms with Crippen LogP contribution in [0.15, 0.2) is 16.8 Å². The molecule has 1 aliphatic heterocycles. The number of carbonyl (C=O) groups excluding carboxylic acids is 1. The van der Waals surface area contributed by atoms with Gasteiger partial charge in [0, 0.05) is 31.8 Å². The van der Waals surface area contributed by atoms with Gasteiger partial charge in [0.1, 0.15) is 0 Å². The first-order chi connectivity index (χ1) is 11.4. The van der Waals surface area contributed by atoms with Gasteiger partial charge in [-0.15, -0.1) is 0 Å². The van der Waals surface area contributed by atoms with E-state index in [0.29, 0.717) is 19.6 Å². The van der Waals surface area contributed by atoms with Gasteiger partial charge >= 0.3 is 6.03 Å². The minimum atomic E-state index is -0.0671. The second kappa shape index (κ2) is 8.83. The first-order valence-electron chi connectivity index (χ1n) is 8.79. The van der Waals surface area contributed by atoms with Crippen LogP contribution >= 0.6 is 11.3 Å². The zero-order valence-corrected chi connectivity index (χ0v) is 16.2. The maximum absolute atomic E-state index is 12.8. The van der Waals surface area contributed by atoms with E-state index in [0.717, 1.165) is 26.0 Å². The predicted molar refractivity (Wildman–Crippen MR) is 99.5 cm³/mol. The summed E-state index contributed by atoms with van der Waals surface area (Å²) in [4.78, 5) is 16.9. The molecule has 0 saturated carbocycles. The molecular weight excluding hydrogens is 322 g/mol. The molecule has 2 rings (SSSR count). The van der Waals surface area contributed by atoms with Crippen molar-refractivity contribution in [1.29, 1.82) is 0 Å². The molecule has 24 heavy (non-hydrogen) atoms. The van der Waals surface area contributed by atoms with Gasteiger partial charge in [-0.25, -0.2) is 4.79 Å². The Bertz CT molecular complexity index is 498. The largest absolute Gasteiger partial charge is 0.376 e. The average Bonchev–Trinajstić information content (AvgIpc) is 3.25. The van der Waals surface area contributed by atoms with Crippen molar-refractivity contribution in [3.63, 3.8) is 0 Å². The Labute approximate surface area is 150 Å². The summed E-state index contributed by atoms with van der Waals surface area (Å²) in [7, 11) is 2.08. The van der Waals surface area contributed by atoms with E-state index < -0.39 is 0 Å². The molecule has 0 aromatic carbocycles. The van der Waals surface area contributed by atoms with Gasteiger partial charge in [0.25, 0.3) is 0 Å². The quantitative estimate of drug-likeness (QED) is 0.781. The lowest BCUT2D eigenvalue weighted by Gasteiger charge is -2.36. The van der Waals surface area contributed by atoms with Gasteiger partial charge < -0.3 is 15.0 Å². The van der Waals surface area contributed by atoms with Crippen molar-refractivity contribution in [2.75, 3.05) is 33.3 Å². The topological polar surface area (TPSA) is 44.8 Å². The third-order valence-electron chi connectivity index (χ3n) is 4.87. The SMILES string of the molecule is CCN(C)C(C)(C)CNC(=O)N(Cc1ccsc1)C[C@@H]1CCCO1. The van der Waals surface area contributed by atoms with E-state index in [4.69, 9.17) is 4.74 Å². The van der Waals surface area contributed by atoms with Crippen LogP contribution in [0.3, 0.4) is 0 Å². The third-order valence-corrected chi connectivity index (χ3v) is 5.60. The smallest absolute Gasteiger partial charge is 0.317 e. The molecule has 1 atom stereocenters. The molecule has 1 aromatic rings. The van der Waals surface area contributed by atoms with Crippen LogP contribution in [0.5, 0.6) is 0 Å². The number of amides is 2. The molecule has 5 nitrogen and oxygen atoms in total. The number of ether oxygens (including phenoxy) is 1. The molecule has 136 valence electrons. The van der Waals surface area contributed by atoms with Crippen molar-refractivity contribution in [2.24, 2.45) is 0 Å². The maximum atomic E-state index is 12.8. The van der Waals surface area contributed by atoms with Gasteiger partial charge in [-0.1, -0.05) is 6.92 Å². The molecule has 6 heteroatoms. The number of urea groups is 1. The average molecular weight is 354 g/mol. The molecular formula is C18H31N3O2S. The van der Waals surface area contributed by atoms with Crippen LogP contribution < -0.4 is 5.32 Å². The van der Waals surface area contributed by atoms with Crippen LogP contribution in [-0.4, -0.2) is 60.8 Å². The fraction of sp³-hybridized carbons (Fsp3) is 0.722. The second-order valence-corrected chi connectivity index (χ2v) is 7.91. The van der Waals surface area contributed by atoms with Gasteiger partial charge in [-0.2, -0.15) is 11.3 Å². The Balaban J connectivity index is 1.95. The first-order valence-corrected chi connectivity index (χ1v) is 9.73. The molecule has 0 aliphatic carbocycles. The van der Waals surface area contributed by atoms with Crippen molar-refractivity contribution < 1.29 is 9.53 Å². The number of nitrogens with one attached hydrogen (secondary N) is 1. The van der Waals surface area contributed by atoms with Gasteiger partial charge in [0.15, 0.2) is 0 Å². The maximum Gasteiger partial charge on any atom is 0.317 e. The number of hydrogen-bond acceptors (Lipinski definition) is 4. The van der Waals surface area contributed by atoms with E-state index in [1.165, 1.54) is 5.56 Å². The predicted octanol–water partition coefficient (Wildman–Crippen LogP) is 3.17. The second-order valence-electron chi connectivity index (χ2n) is 7.13. The summed E-state index contributed by atoms with van der Waals surface area (Å²) in [6.45, 7) is 10.1. The van der Waals surface area contributed by atoms with Crippen LogP contribution in [0.4, 0.5) is 4.79 Å². The molecule has 0 radical (unpaired) electrons. The molecule has 1 aromatic heterocycles. The number of thiophene rings is 1. The summed E-state index contributed by atoms with van der Waals surface area (Å²) >= 11 is 1.66. The number of nitrogens with zero attached hydrogens (tertiary/aromatic N) is 2. The highest BCUT2D eigenvalue weighted by molar-refractivity contribution is 7.07. The van der Waals surface area contributed by atoms with E-state index in [1.54, 1.807) is 11.3 Å². The van der Waals surface area contributed by atoms with Gasteiger partial charge in [0.2, 0.25) is 0 Å². The summed E-state index contributed by atoms with van der Waals surface area (Å²) in [5.74, 6) is 0. The molecule has 0 spiro atoms. The van der Waals surface area contributed by atoms with Crippen LogP contribution in [0.25, 0.3) is 0 Å². The molecule has 1 fully saturated rings. The normalized spacial score (nSPS) is 18.1. The van der Waals surface area contributed by atoms with Crippen LogP contribution in [0, 0.1) is 0 Å². The summed E-state index contributed by atoms with van der Waals surface area (Å²) in [5.41, 5.74) is 1.11. The number of carbonyl (C=O) groups is 1. The highest BCUT2D eigenvalue weighted by atomic mass is 32.1. The van der Waals surface area contributed by atoms with Crippen molar-refractivity contribution in [3.8, 4) is 0 Å². The lowest BCUT2D eigenvalue weighted by Crippen LogP contribution is -2.52. The van der Waals surface area contributed by atoms with Crippen molar-refractivity contribution in [3.05, 3.63) is 22.4 Å². The lowest BCUT2D eigenvalue weighted by atomic mass is 10.0. The lowest BCUT2D eigenvalue weighted by molar-refractivity contribution is 0.0781.